The van der Waals surface area contributed by atoms with Crippen LogP contribution in [0, 0.1) is 6.92 Å². The average molecular weight is 472 g/mol. The summed E-state index contributed by atoms with van der Waals surface area (Å²) in [6, 6.07) is 20.8. The molecule has 1 atom stereocenters. The van der Waals surface area contributed by atoms with E-state index in [4.69, 9.17) is 18.9 Å². The molecule has 0 amide bonds. The van der Waals surface area contributed by atoms with Crippen LogP contribution in [0.5, 0.6) is 5.75 Å². The zero-order valence-corrected chi connectivity index (χ0v) is 20.2. The first kappa shape index (κ1) is 24.0. The average Bonchev–Trinajstić information content (AvgIpc) is 3.30. The molecule has 7 nitrogen and oxygen atoms in total. The Morgan fingerprint density at radius 3 is 2.49 bits per heavy atom. The number of aromatic nitrogens is 2. The molecule has 4 rings (SSSR count). The van der Waals surface area contributed by atoms with Crippen LogP contribution in [0.2, 0.25) is 0 Å². The van der Waals surface area contributed by atoms with Crippen molar-refractivity contribution < 1.29 is 18.7 Å². The van der Waals surface area contributed by atoms with Crippen LogP contribution in [0.4, 0.5) is 5.82 Å². The van der Waals surface area contributed by atoms with Crippen molar-refractivity contribution in [3.05, 3.63) is 95.7 Å². The molecule has 1 unspecified atom stereocenters. The van der Waals surface area contributed by atoms with Crippen molar-refractivity contribution >= 4 is 11.8 Å². The molecule has 180 valence electrons. The molecule has 0 saturated heterocycles. The molecule has 1 N–H and O–H groups in total. The van der Waals surface area contributed by atoms with Crippen LogP contribution in [0.25, 0.3) is 11.3 Å². The Labute approximate surface area is 205 Å². The van der Waals surface area contributed by atoms with Crippen LogP contribution in [-0.4, -0.2) is 35.7 Å². The highest BCUT2D eigenvalue weighted by Crippen LogP contribution is 2.25. The monoisotopic (exact) mass is 471 g/mol. The van der Waals surface area contributed by atoms with Crippen LogP contribution in [0.15, 0.2) is 77.3 Å². The first-order valence-corrected chi connectivity index (χ1v) is 11.6. The SMILES string of the molecule is CCOC(=O)C(Cc1ccc(C)o1)Nc1ncc(-c2ccc(OC)cc2)nc1Cc1ccccc1. The van der Waals surface area contributed by atoms with Gasteiger partial charge in [0.25, 0.3) is 0 Å². The Hall–Kier alpha value is -4.13. The molecule has 0 saturated carbocycles. The molecule has 0 aliphatic rings. The standard InChI is InChI=1S/C28H29N3O4/c1-4-34-28(32)25(17-23-13-10-19(2)35-23)31-27-24(16-20-8-6-5-7-9-20)30-26(18-29-27)21-11-14-22(33-3)15-12-21/h5-15,18,25H,4,16-17H2,1-3H3,(H,29,31). The van der Waals surface area contributed by atoms with Gasteiger partial charge in [-0.1, -0.05) is 30.3 Å². The molecule has 2 aromatic carbocycles. The van der Waals surface area contributed by atoms with Crippen LogP contribution in [-0.2, 0) is 22.4 Å². The van der Waals surface area contributed by atoms with Crippen LogP contribution in [0.3, 0.4) is 0 Å². The number of furan rings is 1. The van der Waals surface area contributed by atoms with Gasteiger partial charge >= 0.3 is 5.97 Å². The molecular formula is C28H29N3O4. The van der Waals surface area contributed by atoms with Crippen LogP contribution < -0.4 is 10.1 Å². The highest BCUT2D eigenvalue weighted by atomic mass is 16.5. The second-order valence-corrected chi connectivity index (χ2v) is 8.11. The van der Waals surface area contributed by atoms with E-state index >= 15 is 0 Å². The van der Waals surface area contributed by atoms with Gasteiger partial charge in [0.05, 0.1) is 31.3 Å². The fourth-order valence-corrected chi connectivity index (χ4v) is 3.76. The summed E-state index contributed by atoms with van der Waals surface area (Å²) in [5.74, 6) is 2.42. The first-order chi connectivity index (χ1) is 17.1. The lowest BCUT2D eigenvalue weighted by atomic mass is 10.1. The molecule has 0 fully saturated rings. The first-order valence-electron chi connectivity index (χ1n) is 11.6. The van der Waals surface area contributed by atoms with E-state index < -0.39 is 6.04 Å². The van der Waals surface area contributed by atoms with Gasteiger partial charge in [0, 0.05) is 18.4 Å². The minimum Gasteiger partial charge on any atom is -0.497 e. The van der Waals surface area contributed by atoms with E-state index in [-0.39, 0.29) is 12.6 Å². The Bertz CT molecular complexity index is 1250. The molecular weight excluding hydrogens is 442 g/mol. The molecule has 0 spiro atoms. The van der Waals surface area contributed by atoms with Gasteiger partial charge in [-0.2, -0.15) is 0 Å². The molecule has 0 radical (unpaired) electrons. The second kappa shape index (κ2) is 11.3. The number of anilines is 1. The number of hydrogen-bond acceptors (Lipinski definition) is 7. The van der Waals surface area contributed by atoms with Crippen molar-refractivity contribution in [2.45, 2.75) is 32.7 Å². The number of esters is 1. The molecule has 35 heavy (non-hydrogen) atoms. The quantitative estimate of drug-likeness (QED) is 0.317. The van der Waals surface area contributed by atoms with Crippen molar-refractivity contribution in [3.63, 3.8) is 0 Å². The summed E-state index contributed by atoms with van der Waals surface area (Å²) >= 11 is 0. The number of benzene rings is 2. The van der Waals surface area contributed by atoms with Crippen molar-refractivity contribution in [1.29, 1.82) is 0 Å². The van der Waals surface area contributed by atoms with Gasteiger partial charge in [-0.25, -0.2) is 14.8 Å². The van der Waals surface area contributed by atoms with Crippen LogP contribution in [0.1, 0.15) is 29.7 Å². The van der Waals surface area contributed by atoms with E-state index in [1.165, 1.54) is 0 Å². The Kier molecular flexibility index (Phi) is 7.77. The normalized spacial score (nSPS) is 11.6. The van der Waals surface area contributed by atoms with E-state index in [0.29, 0.717) is 24.4 Å². The minimum atomic E-state index is -0.670. The van der Waals surface area contributed by atoms with Gasteiger partial charge in [-0.05, 0) is 55.8 Å². The minimum absolute atomic E-state index is 0.285. The molecule has 2 aromatic heterocycles. The van der Waals surface area contributed by atoms with E-state index in [0.717, 1.165) is 34.0 Å². The third-order valence-electron chi connectivity index (χ3n) is 5.53. The number of aryl methyl sites for hydroxylation is 1. The van der Waals surface area contributed by atoms with Crippen molar-refractivity contribution in [3.8, 4) is 17.0 Å². The highest BCUT2D eigenvalue weighted by molar-refractivity contribution is 5.79. The van der Waals surface area contributed by atoms with Crippen molar-refractivity contribution in [1.82, 2.24) is 9.97 Å². The summed E-state index contributed by atoms with van der Waals surface area (Å²) in [5, 5.41) is 3.28. The van der Waals surface area contributed by atoms with E-state index in [1.807, 2.05) is 73.7 Å². The lowest BCUT2D eigenvalue weighted by molar-refractivity contribution is -0.144. The summed E-state index contributed by atoms with van der Waals surface area (Å²) < 4.78 is 16.3. The zero-order chi connectivity index (χ0) is 24.6. The summed E-state index contributed by atoms with van der Waals surface area (Å²) in [5.41, 5.74) is 3.48. The number of carbonyl (C=O) groups excluding carboxylic acids is 1. The summed E-state index contributed by atoms with van der Waals surface area (Å²) in [7, 11) is 1.64. The summed E-state index contributed by atoms with van der Waals surface area (Å²) in [6.07, 6.45) is 2.59. The molecule has 0 bridgehead atoms. The van der Waals surface area contributed by atoms with Crippen LogP contribution >= 0.6 is 0 Å². The number of nitrogens with zero attached hydrogens (tertiary/aromatic N) is 2. The Morgan fingerprint density at radius 1 is 1.06 bits per heavy atom. The lowest BCUT2D eigenvalue weighted by Crippen LogP contribution is -2.34. The lowest BCUT2D eigenvalue weighted by Gasteiger charge is -2.19. The van der Waals surface area contributed by atoms with E-state index in [9.17, 15) is 4.79 Å². The maximum Gasteiger partial charge on any atom is 0.329 e. The third-order valence-corrected chi connectivity index (χ3v) is 5.53. The van der Waals surface area contributed by atoms with Crippen molar-refractivity contribution in [2.24, 2.45) is 0 Å². The largest absolute Gasteiger partial charge is 0.497 e. The number of rotatable bonds is 10. The predicted octanol–water partition coefficient (Wildman–Crippen LogP) is 5.23. The van der Waals surface area contributed by atoms with Gasteiger partial charge in [-0.3, -0.25) is 0 Å². The van der Waals surface area contributed by atoms with E-state index in [1.54, 1.807) is 20.2 Å². The molecule has 0 aliphatic heterocycles. The van der Waals surface area contributed by atoms with Gasteiger partial charge < -0.3 is 19.2 Å². The number of ether oxygens (including phenoxy) is 2. The number of carbonyl (C=O) groups is 1. The zero-order valence-electron chi connectivity index (χ0n) is 20.2. The number of nitrogens with one attached hydrogen (secondary N) is 1. The predicted molar refractivity (Wildman–Crippen MR) is 134 cm³/mol. The maximum absolute atomic E-state index is 12.8. The molecule has 4 aromatic rings. The maximum atomic E-state index is 12.8. The summed E-state index contributed by atoms with van der Waals surface area (Å²) in [4.78, 5) is 22.4. The Morgan fingerprint density at radius 2 is 1.83 bits per heavy atom. The molecule has 2 heterocycles. The Balaban J connectivity index is 1.67. The smallest absolute Gasteiger partial charge is 0.329 e. The van der Waals surface area contributed by atoms with Gasteiger partial charge in [0.2, 0.25) is 0 Å². The van der Waals surface area contributed by atoms with Gasteiger partial charge in [0.1, 0.15) is 29.1 Å². The third kappa shape index (κ3) is 6.26. The number of methoxy groups -OCH3 is 1. The van der Waals surface area contributed by atoms with Crippen molar-refractivity contribution in [2.75, 3.05) is 19.0 Å². The molecule has 0 aliphatic carbocycles. The number of hydrogen-bond donors (Lipinski definition) is 1. The van der Waals surface area contributed by atoms with E-state index in [2.05, 4.69) is 10.3 Å². The molecule has 7 heteroatoms. The summed E-state index contributed by atoms with van der Waals surface area (Å²) in [6.45, 7) is 3.95. The topological polar surface area (TPSA) is 86.5 Å². The van der Waals surface area contributed by atoms with Gasteiger partial charge in [0.15, 0.2) is 0 Å². The second-order valence-electron chi connectivity index (χ2n) is 8.11. The van der Waals surface area contributed by atoms with Gasteiger partial charge in [-0.15, -0.1) is 0 Å². The fraction of sp³-hybridized carbons (Fsp3) is 0.250. The highest BCUT2D eigenvalue weighted by Gasteiger charge is 2.24. The fourth-order valence-electron chi connectivity index (χ4n) is 3.76.